The van der Waals surface area contributed by atoms with Crippen LogP contribution in [0.3, 0.4) is 0 Å². The maximum Gasteiger partial charge on any atom is 0.340 e. The Balaban J connectivity index is 0.000000191. The number of benzene rings is 2. The minimum Gasteiger partial charge on any atom is -0.479 e. The van der Waals surface area contributed by atoms with Crippen molar-refractivity contribution in [1.82, 2.24) is 0 Å². The summed E-state index contributed by atoms with van der Waals surface area (Å²) in [7, 11) is 0. The molecule has 34 heavy (non-hydrogen) atoms. The zero-order valence-corrected chi connectivity index (χ0v) is 20.2. The predicted molar refractivity (Wildman–Crippen MR) is 132 cm³/mol. The summed E-state index contributed by atoms with van der Waals surface area (Å²) in [5.41, 5.74) is -1.75. The van der Waals surface area contributed by atoms with E-state index in [4.69, 9.17) is 0 Å². The Bertz CT molecular complexity index is 839. The standard InChI is InChI=1S/C15H20O2.C14H18O3/c1-12(16)15(17,13-8-4-2-5-9-13)14-10-6-3-7-11-14;15-13(16)14(17,11-7-3-1-4-8-11)12-9-5-2-6-10-12/h2,4-5,8-9,14,17H,3,6-7,10-11H2,1H3;1,3-4,7-8,12,17H,2,5-6,9-10H2,(H,15,16). The van der Waals surface area contributed by atoms with Crippen LogP contribution in [-0.2, 0) is 20.8 Å². The molecular weight excluding hydrogens is 428 g/mol. The number of carboxylic acids is 1. The molecule has 0 saturated heterocycles. The van der Waals surface area contributed by atoms with Gasteiger partial charge in [-0.05, 0) is 49.7 Å². The normalized spacial score (nSPS) is 20.8. The van der Waals surface area contributed by atoms with Gasteiger partial charge >= 0.3 is 5.97 Å². The first-order chi connectivity index (χ1) is 16.3. The molecule has 2 aliphatic rings. The molecule has 5 heteroatoms. The van der Waals surface area contributed by atoms with Gasteiger partial charge in [0.1, 0.15) is 0 Å². The Morgan fingerprint density at radius 2 is 1.00 bits per heavy atom. The van der Waals surface area contributed by atoms with E-state index in [-0.39, 0.29) is 17.6 Å². The van der Waals surface area contributed by atoms with Crippen molar-refractivity contribution in [3.8, 4) is 0 Å². The van der Waals surface area contributed by atoms with E-state index in [0.717, 1.165) is 63.4 Å². The molecule has 2 atom stereocenters. The average Bonchev–Trinajstić information content (AvgIpc) is 2.90. The van der Waals surface area contributed by atoms with E-state index in [1.807, 2.05) is 36.4 Å². The Kier molecular flexibility index (Phi) is 9.03. The van der Waals surface area contributed by atoms with Crippen LogP contribution in [0.5, 0.6) is 0 Å². The third kappa shape index (κ3) is 5.59. The van der Waals surface area contributed by atoms with Gasteiger partial charge < -0.3 is 15.3 Å². The molecule has 2 aromatic rings. The zero-order valence-electron chi connectivity index (χ0n) is 20.2. The predicted octanol–water partition coefficient (Wildman–Crippen LogP) is 5.58. The number of aliphatic hydroxyl groups is 2. The largest absolute Gasteiger partial charge is 0.479 e. The van der Waals surface area contributed by atoms with Crippen LogP contribution in [-0.4, -0.2) is 27.1 Å². The number of ketones is 1. The number of carbonyl (C=O) groups is 2. The fourth-order valence-electron chi connectivity index (χ4n) is 5.69. The van der Waals surface area contributed by atoms with Crippen molar-refractivity contribution in [2.45, 2.75) is 82.3 Å². The summed E-state index contributed by atoms with van der Waals surface area (Å²) in [6.07, 6.45) is 10.1. The van der Waals surface area contributed by atoms with Gasteiger partial charge in [0.15, 0.2) is 17.0 Å². The molecule has 2 saturated carbocycles. The van der Waals surface area contributed by atoms with Crippen LogP contribution in [0, 0.1) is 11.8 Å². The molecule has 0 bridgehead atoms. The van der Waals surface area contributed by atoms with E-state index in [1.165, 1.54) is 13.3 Å². The Labute approximate surface area is 202 Å². The molecule has 184 valence electrons. The van der Waals surface area contributed by atoms with Gasteiger partial charge in [-0.3, -0.25) is 4.79 Å². The van der Waals surface area contributed by atoms with Crippen LogP contribution in [0.15, 0.2) is 60.7 Å². The monoisotopic (exact) mass is 466 g/mol. The van der Waals surface area contributed by atoms with Gasteiger partial charge in [0, 0.05) is 5.92 Å². The van der Waals surface area contributed by atoms with Gasteiger partial charge in [-0.2, -0.15) is 0 Å². The summed E-state index contributed by atoms with van der Waals surface area (Å²) >= 11 is 0. The van der Waals surface area contributed by atoms with Crippen LogP contribution in [0.2, 0.25) is 0 Å². The molecule has 4 rings (SSSR count). The molecule has 2 aromatic carbocycles. The fraction of sp³-hybridized carbons (Fsp3) is 0.517. The number of hydrogen-bond acceptors (Lipinski definition) is 4. The highest BCUT2D eigenvalue weighted by Gasteiger charge is 2.46. The first kappa shape index (κ1) is 26.1. The lowest BCUT2D eigenvalue weighted by atomic mass is 9.71. The second-order valence-electron chi connectivity index (χ2n) is 9.80. The fourth-order valence-corrected chi connectivity index (χ4v) is 5.69. The maximum absolute atomic E-state index is 11.9. The molecule has 2 aliphatic carbocycles. The van der Waals surface area contributed by atoms with Crippen LogP contribution >= 0.6 is 0 Å². The second-order valence-corrected chi connectivity index (χ2v) is 9.80. The topological polar surface area (TPSA) is 94.8 Å². The summed E-state index contributed by atoms with van der Waals surface area (Å²) in [6.45, 7) is 1.50. The summed E-state index contributed by atoms with van der Waals surface area (Å²) < 4.78 is 0. The van der Waals surface area contributed by atoms with Gasteiger partial charge in [-0.1, -0.05) is 99.2 Å². The molecule has 0 heterocycles. The van der Waals surface area contributed by atoms with Crippen molar-refractivity contribution in [2.75, 3.05) is 0 Å². The summed E-state index contributed by atoms with van der Waals surface area (Å²) in [5, 5.41) is 30.8. The quantitative estimate of drug-likeness (QED) is 0.516. The van der Waals surface area contributed by atoms with E-state index >= 15 is 0 Å². The molecule has 0 aliphatic heterocycles. The zero-order chi connectivity index (χ0) is 24.6. The van der Waals surface area contributed by atoms with Gasteiger partial charge in [0.05, 0.1) is 0 Å². The van der Waals surface area contributed by atoms with Gasteiger partial charge in [-0.15, -0.1) is 0 Å². The Morgan fingerprint density at radius 1 is 0.647 bits per heavy atom. The van der Waals surface area contributed by atoms with Gasteiger partial charge in [-0.25, -0.2) is 4.79 Å². The van der Waals surface area contributed by atoms with Crippen molar-refractivity contribution in [1.29, 1.82) is 0 Å². The third-order valence-corrected chi connectivity index (χ3v) is 7.68. The Hall–Kier alpha value is -2.50. The number of carbonyl (C=O) groups excluding carboxylic acids is 1. The van der Waals surface area contributed by atoms with E-state index in [2.05, 4.69) is 0 Å². The van der Waals surface area contributed by atoms with E-state index in [1.54, 1.807) is 24.3 Å². The first-order valence-corrected chi connectivity index (χ1v) is 12.6. The highest BCUT2D eigenvalue weighted by atomic mass is 16.4. The number of carboxylic acid groups (broad SMARTS) is 1. The van der Waals surface area contributed by atoms with Gasteiger partial charge in [0.2, 0.25) is 0 Å². The minimum atomic E-state index is -1.72. The van der Waals surface area contributed by atoms with Crippen LogP contribution in [0.4, 0.5) is 0 Å². The molecule has 0 radical (unpaired) electrons. The molecule has 3 N–H and O–H groups in total. The maximum atomic E-state index is 11.9. The number of aliphatic carboxylic acids is 1. The van der Waals surface area contributed by atoms with Crippen molar-refractivity contribution < 1.29 is 24.9 Å². The second kappa shape index (κ2) is 11.8. The van der Waals surface area contributed by atoms with Crippen molar-refractivity contribution >= 4 is 11.8 Å². The number of Topliss-reactive ketones (excluding diaryl/α,β-unsaturated/α-hetero) is 1. The highest BCUT2D eigenvalue weighted by molar-refractivity contribution is 5.86. The lowest BCUT2D eigenvalue weighted by Crippen LogP contribution is -2.43. The van der Waals surface area contributed by atoms with E-state index in [9.17, 15) is 24.9 Å². The first-order valence-electron chi connectivity index (χ1n) is 12.6. The Morgan fingerprint density at radius 3 is 1.35 bits per heavy atom. The summed E-state index contributed by atoms with van der Waals surface area (Å²) in [6, 6.07) is 18.1. The van der Waals surface area contributed by atoms with E-state index in [0.29, 0.717) is 5.56 Å². The minimum absolute atomic E-state index is 0.0798. The van der Waals surface area contributed by atoms with E-state index < -0.39 is 17.2 Å². The van der Waals surface area contributed by atoms with Crippen LogP contribution < -0.4 is 0 Å². The van der Waals surface area contributed by atoms with Crippen LogP contribution in [0.1, 0.15) is 82.3 Å². The molecular formula is C29H38O5. The van der Waals surface area contributed by atoms with Crippen LogP contribution in [0.25, 0.3) is 0 Å². The lowest BCUT2D eigenvalue weighted by Gasteiger charge is -2.37. The molecule has 0 aromatic heterocycles. The molecule has 5 nitrogen and oxygen atoms in total. The summed E-state index contributed by atoms with van der Waals surface area (Å²) in [5.74, 6) is -1.35. The molecule has 2 fully saturated rings. The number of hydrogen-bond donors (Lipinski definition) is 3. The molecule has 0 amide bonds. The average molecular weight is 467 g/mol. The molecule has 2 unspecified atom stereocenters. The van der Waals surface area contributed by atoms with Crippen molar-refractivity contribution in [3.63, 3.8) is 0 Å². The third-order valence-electron chi connectivity index (χ3n) is 7.68. The van der Waals surface area contributed by atoms with Crippen molar-refractivity contribution in [2.24, 2.45) is 11.8 Å². The van der Waals surface area contributed by atoms with Gasteiger partial charge in [0.25, 0.3) is 0 Å². The SMILES string of the molecule is CC(=O)C(O)(c1ccccc1)C1CCCCC1.O=C(O)C(O)(c1ccccc1)C1CCCCC1. The lowest BCUT2D eigenvalue weighted by molar-refractivity contribution is -0.168. The summed E-state index contributed by atoms with van der Waals surface area (Å²) in [4.78, 5) is 23.4. The smallest absolute Gasteiger partial charge is 0.340 e. The molecule has 0 spiro atoms. The van der Waals surface area contributed by atoms with Crippen molar-refractivity contribution in [3.05, 3.63) is 71.8 Å². The highest BCUT2D eigenvalue weighted by Crippen LogP contribution is 2.40. The number of rotatable bonds is 6.